The van der Waals surface area contributed by atoms with Gasteiger partial charge in [0.15, 0.2) is 5.11 Å². The number of aromatic amines is 1. The zero-order valence-corrected chi connectivity index (χ0v) is 17.1. The topological polar surface area (TPSA) is 88.9 Å². The summed E-state index contributed by atoms with van der Waals surface area (Å²) in [4.78, 5) is 21.3. The van der Waals surface area contributed by atoms with Crippen LogP contribution in [0.15, 0.2) is 48.9 Å². The Morgan fingerprint density at radius 2 is 1.93 bits per heavy atom. The highest BCUT2D eigenvalue weighted by Gasteiger charge is 2.59. The van der Waals surface area contributed by atoms with Gasteiger partial charge in [-0.25, -0.2) is 4.98 Å². The van der Waals surface area contributed by atoms with Gasteiger partial charge in [-0.3, -0.25) is 14.8 Å². The Bertz CT molecular complexity index is 1190. The van der Waals surface area contributed by atoms with E-state index in [2.05, 4.69) is 21.3 Å². The smallest absolute Gasteiger partial charge is 0.259 e. The van der Waals surface area contributed by atoms with E-state index in [0.29, 0.717) is 16.5 Å². The standard InChI is InChI=1S/C22H18N6OS/c1-14-9-18(13-24-19(14)10-23)27-20(29)22(7-2-8-22)28(21(27)30)17-5-3-15(4-6-17)16-11-25-26-12-16/h3-6,9,11-13H,2,7-8H2,1H3,(H,25,26). The Kier molecular flexibility index (Phi) is 4.15. The molecule has 148 valence electrons. The lowest BCUT2D eigenvalue weighted by molar-refractivity contribution is -0.123. The highest BCUT2D eigenvalue weighted by molar-refractivity contribution is 7.81. The number of nitrogens with zero attached hydrogens (tertiary/aromatic N) is 5. The number of amides is 1. The second kappa shape index (κ2) is 6.75. The number of hydrogen-bond donors (Lipinski definition) is 1. The van der Waals surface area contributed by atoms with E-state index in [1.165, 1.54) is 0 Å². The van der Waals surface area contributed by atoms with E-state index >= 15 is 0 Å². The number of carbonyl (C=O) groups is 1. The average Bonchev–Trinajstić information content (AvgIpc) is 3.33. The number of aromatic nitrogens is 3. The molecule has 1 saturated heterocycles. The quantitative estimate of drug-likeness (QED) is 0.657. The van der Waals surface area contributed by atoms with Crippen molar-refractivity contribution in [2.24, 2.45) is 0 Å². The van der Waals surface area contributed by atoms with Crippen LogP contribution in [-0.4, -0.2) is 31.7 Å². The van der Waals surface area contributed by atoms with Gasteiger partial charge in [0.25, 0.3) is 5.91 Å². The Morgan fingerprint density at radius 1 is 1.17 bits per heavy atom. The van der Waals surface area contributed by atoms with E-state index < -0.39 is 5.54 Å². The molecular weight excluding hydrogens is 396 g/mol. The molecule has 0 unspecified atom stereocenters. The fourth-order valence-electron chi connectivity index (χ4n) is 4.22. The molecule has 1 aliphatic heterocycles. The molecule has 30 heavy (non-hydrogen) atoms. The largest absolute Gasteiger partial charge is 0.303 e. The first kappa shape index (κ1) is 18.5. The summed E-state index contributed by atoms with van der Waals surface area (Å²) in [6, 6.07) is 11.9. The van der Waals surface area contributed by atoms with Gasteiger partial charge in [-0.1, -0.05) is 12.1 Å². The van der Waals surface area contributed by atoms with Crippen LogP contribution in [0.2, 0.25) is 0 Å². The molecule has 0 radical (unpaired) electrons. The van der Waals surface area contributed by atoms with Crippen LogP contribution in [0.3, 0.4) is 0 Å². The molecule has 2 fully saturated rings. The third-order valence-corrected chi connectivity index (χ3v) is 6.34. The minimum atomic E-state index is -0.643. The molecule has 1 aliphatic carbocycles. The first-order chi connectivity index (χ1) is 14.5. The van der Waals surface area contributed by atoms with E-state index in [4.69, 9.17) is 17.5 Å². The van der Waals surface area contributed by atoms with Gasteiger partial charge in [0.05, 0.1) is 18.1 Å². The summed E-state index contributed by atoms with van der Waals surface area (Å²) in [6.45, 7) is 1.81. The van der Waals surface area contributed by atoms with Gasteiger partial charge in [-0.2, -0.15) is 10.4 Å². The zero-order valence-electron chi connectivity index (χ0n) is 16.3. The van der Waals surface area contributed by atoms with Crippen molar-refractivity contribution in [3.63, 3.8) is 0 Å². The number of anilines is 2. The highest BCUT2D eigenvalue weighted by atomic mass is 32.1. The number of pyridine rings is 1. The summed E-state index contributed by atoms with van der Waals surface area (Å²) >= 11 is 5.79. The number of H-pyrrole nitrogens is 1. The molecule has 3 aromatic rings. The number of rotatable bonds is 3. The van der Waals surface area contributed by atoms with E-state index in [1.54, 1.807) is 23.4 Å². The van der Waals surface area contributed by atoms with Crippen molar-refractivity contribution in [3.05, 3.63) is 60.2 Å². The molecule has 1 amide bonds. The number of hydrogen-bond acceptors (Lipinski definition) is 5. The lowest BCUT2D eigenvalue weighted by Gasteiger charge is -2.43. The number of nitriles is 1. The normalized spacial score (nSPS) is 17.3. The van der Waals surface area contributed by atoms with Gasteiger partial charge < -0.3 is 4.90 Å². The van der Waals surface area contributed by atoms with Crippen LogP contribution in [0.4, 0.5) is 11.4 Å². The monoisotopic (exact) mass is 414 g/mol. The predicted molar refractivity (Wildman–Crippen MR) is 117 cm³/mol. The summed E-state index contributed by atoms with van der Waals surface area (Å²) in [5, 5.41) is 16.4. The van der Waals surface area contributed by atoms with E-state index in [1.807, 2.05) is 42.3 Å². The first-order valence-electron chi connectivity index (χ1n) is 9.70. The second-order valence-corrected chi connectivity index (χ2v) is 8.01. The Labute approximate surface area is 179 Å². The number of carbonyl (C=O) groups excluding carboxylic acids is 1. The third-order valence-electron chi connectivity index (χ3n) is 5.98. The minimum absolute atomic E-state index is 0.0245. The molecule has 8 heteroatoms. The Balaban J connectivity index is 1.54. The van der Waals surface area contributed by atoms with Crippen molar-refractivity contribution in [3.8, 4) is 17.2 Å². The molecule has 1 saturated carbocycles. The lowest BCUT2D eigenvalue weighted by Crippen LogP contribution is -2.55. The van der Waals surface area contributed by atoms with Gasteiger partial charge >= 0.3 is 0 Å². The summed E-state index contributed by atoms with van der Waals surface area (Å²) in [5.41, 5.74) is 3.95. The number of thiocarbonyl (C=S) groups is 1. The summed E-state index contributed by atoms with van der Waals surface area (Å²) in [7, 11) is 0. The van der Waals surface area contributed by atoms with Crippen molar-refractivity contribution in [1.82, 2.24) is 15.2 Å². The van der Waals surface area contributed by atoms with Crippen LogP contribution in [0.5, 0.6) is 0 Å². The molecule has 1 spiro atoms. The van der Waals surface area contributed by atoms with Crippen LogP contribution in [0.1, 0.15) is 30.5 Å². The fourth-order valence-corrected chi connectivity index (χ4v) is 4.69. The molecule has 3 heterocycles. The molecule has 0 atom stereocenters. The van der Waals surface area contributed by atoms with Crippen LogP contribution in [0.25, 0.3) is 11.1 Å². The molecule has 2 aromatic heterocycles. The van der Waals surface area contributed by atoms with E-state index in [0.717, 1.165) is 41.6 Å². The lowest BCUT2D eigenvalue weighted by atomic mass is 9.75. The molecule has 7 nitrogen and oxygen atoms in total. The summed E-state index contributed by atoms with van der Waals surface area (Å²) < 4.78 is 0. The van der Waals surface area contributed by atoms with Crippen LogP contribution >= 0.6 is 12.2 Å². The van der Waals surface area contributed by atoms with Crippen molar-refractivity contribution >= 4 is 34.6 Å². The maximum atomic E-state index is 13.5. The predicted octanol–water partition coefficient (Wildman–Crippen LogP) is 3.71. The summed E-state index contributed by atoms with van der Waals surface area (Å²) in [6.07, 6.45) is 7.66. The average molecular weight is 414 g/mol. The van der Waals surface area contributed by atoms with Gasteiger partial charge in [-0.05, 0) is 67.7 Å². The fraction of sp³-hybridized carbons (Fsp3) is 0.227. The van der Waals surface area contributed by atoms with Crippen LogP contribution in [-0.2, 0) is 4.79 Å². The van der Waals surface area contributed by atoms with Crippen LogP contribution < -0.4 is 9.80 Å². The Hall–Kier alpha value is -3.57. The molecule has 0 bridgehead atoms. The SMILES string of the molecule is Cc1cc(N2C(=O)C3(CCC3)N(c3ccc(-c4cn[nH]c4)cc3)C2=S)cnc1C#N. The van der Waals surface area contributed by atoms with Gasteiger partial charge in [0.1, 0.15) is 17.3 Å². The van der Waals surface area contributed by atoms with Crippen molar-refractivity contribution < 1.29 is 4.79 Å². The Morgan fingerprint density at radius 3 is 2.50 bits per heavy atom. The molecule has 1 aromatic carbocycles. The first-order valence-corrected chi connectivity index (χ1v) is 10.1. The van der Waals surface area contributed by atoms with Crippen molar-refractivity contribution in [2.45, 2.75) is 31.7 Å². The number of nitrogens with one attached hydrogen (secondary N) is 1. The maximum Gasteiger partial charge on any atom is 0.259 e. The van der Waals surface area contributed by atoms with Gasteiger partial charge in [-0.15, -0.1) is 0 Å². The van der Waals surface area contributed by atoms with E-state index in [9.17, 15) is 4.79 Å². The molecule has 2 aliphatic rings. The van der Waals surface area contributed by atoms with Crippen molar-refractivity contribution in [1.29, 1.82) is 5.26 Å². The van der Waals surface area contributed by atoms with Crippen molar-refractivity contribution in [2.75, 3.05) is 9.80 Å². The van der Waals surface area contributed by atoms with Gasteiger partial charge in [0, 0.05) is 17.4 Å². The molecular formula is C22H18N6OS. The number of benzene rings is 1. The van der Waals surface area contributed by atoms with Crippen LogP contribution in [0, 0.1) is 18.3 Å². The summed E-state index contributed by atoms with van der Waals surface area (Å²) in [5.74, 6) is -0.0245. The maximum absolute atomic E-state index is 13.5. The third kappa shape index (κ3) is 2.56. The highest BCUT2D eigenvalue weighted by Crippen LogP contribution is 2.47. The molecule has 5 rings (SSSR count). The second-order valence-electron chi connectivity index (χ2n) is 7.65. The minimum Gasteiger partial charge on any atom is -0.303 e. The van der Waals surface area contributed by atoms with E-state index in [-0.39, 0.29) is 5.91 Å². The number of aryl methyl sites for hydroxylation is 1. The molecule has 1 N–H and O–H groups in total. The van der Waals surface area contributed by atoms with Gasteiger partial charge in [0.2, 0.25) is 0 Å². The zero-order chi connectivity index (χ0) is 20.9.